The van der Waals surface area contributed by atoms with Crippen molar-refractivity contribution in [3.63, 3.8) is 0 Å². The summed E-state index contributed by atoms with van der Waals surface area (Å²) in [6.45, 7) is 19.6. The van der Waals surface area contributed by atoms with E-state index in [9.17, 15) is 0 Å². The fourth-order valence-electron chi connectivity index (χ4n) is 1.56. The summed E-state index contributed by atoms with van der Waals surface area (Å²) in [4.78, 5) is 0. The molecule has 0 fully saturated rings. The van der Waals surface area contributed by atoms with Gasteiger partial charge in [0.2, 0.25) is 0 Å². The maximum absolute atomic E-state index is 6.35. The quantitative estimate of drug-likeness (QED) is 0.561. The molecule has 8 heteroatoms. The highest BCUT2D eigenvalue weighted by atomic mass is 32.1. The van der Waals surface area contributed by atoms with Gasteiger partial charge in [0.15, 0.2) is 25.0 Å². The lowest BCUT2D eigenvalue weighted by Gasteiger charge is -2.42. The molecule has 0 aromatic rings. The third-order valence-electron chi connectivity index (χ3n) is 1.58. The summed E-state index contributed by atoms with van der Waals surface area (Å²) in [5.74, 6) is 0. The van der Waals surface area contributed by atoms with E-state index in [1.165, 1.54) is 0 Å². The van der Waals surface area contributed by atoms with Crippen LogP contribution in [-0.4, -0.2) is 39.1 Å². The number of hydrogen-bond donors (Lipinski definition) is 1. The van der Waals surface area contributed by atoms with E-state index < -0.39 is 33.8 Å². The van der Waals surface area contributed by atoms with Gasteiger partial charge in [-0.05, 0) is 58.9 Å². The molecule has 0 spiro atoms. The van der Waals surface area contributed by atoms with Gasteiger partial charge in [-0.1, -0.05) is 0 Å². The first-order chi connectivity index (χ1) is 7.68. The highest BCUT2D eigenvalue weighted by molar-refractivity contribution is 7.82. The smallest absolute Gasteiger partial charge is 0.416 e. The van der Waals surface area contributed by atoms with Gasteiger partial charge in [-0.3, -0.25) is 0 Å². The molecule has 0 bridgehead atoms. The van der Waals surface area contributed by atoms with Crippen LogP contribution in [0.2, 0.25) is 58.9 Å². The summed E-state index contributed by atoms with van der Waals surface area (Å²) in [5, 5.41) is 0.575. The molecule has 18 heavy (non-hydrogen) atoms. The molecular weight excluding hydrogens is 313 g/mol. The summed E-state index contributed by atoms with van der Waals surface area (Å²) in [7, 11) is -7.74. The molecule has 0 saturated heterocycles. The number of hydrogen-bond acceptors (Lipinski definition) is 4. The second-order valence-electron chi connectivity index (χ2n) is 7.48. The fraction of sp³-hybridized carbons (Fsp3) is 1.00. The zero-order valence-corrected chi connectivity index (χ0v) is 18.3. The highest BCUT2D eigenvalue weighted by Crippen LogP contribution is 2.26. The Morgan fingerprint density at radius 2 is 0.833 bits per heavy atom. The first-order valence-electron chi connectivity index (χ1n) is 6.39. The summed E-state index contributed by atoms with van der Waals surface area (Å²) < 4.78 is 19.1. The Labute approximate surface area is 123 Å². The Morgan fingerprint density at radius 3 is 0.944 bits per heavy atom. The molecule has 3 nitrogen and oxygen atoms in total. The van der Waals surface area contributed by atoms with Crippen molar-refractivity contribution in [2.75, 3.05) is 5.38 Å². The Morgan fingerprint density at radius 1 is 0.611 bits per heavy atom. The molecule has 0 aliphatic carbocycles. The van der Waals surface area contributed by atoms with Crippen LogP contribution in [0.4, 0.5) is 0 Å². The van der Waals surface area contributed by atoms with Crippen LogP contribution in [0.5, 0.6) is 0 Å². The topological polar surface area (TPSA) is 27.7 Å². The van der Waals surface area contributed by atoms with Crippen LogP contribution in [-0.2, 0) is 12.3 Å². The van der Waals surface area contributed by atoms with Crippen LogP contribution in [0.15, 0.2) is 0 Å². The van der Waals surface area contributed by atoms with Crippen molar-refractivity contribution in [2.24, 2.45) is 0 Å². The fourth-order valence-corrected chi connectivity index (χ4v) is 16.9. The first-order valence-corrected chi connectivity index (χ1v) is 19.2. The van der Waals surface area contributed by atoms with Crippen LogP contribution >= 0.6 is 12.6 Å². The summed E-state index contributed by atoms with van der Waals surface area (Å²) in [6, 6.07) is 0. The summed E-state index contributed by atoms with van der Waals surface area (Å²) in [6.07, 6.45) is 0. The van der Waals surface area contributed by atoms with Crippen molar-refractivity contribution >= 4 is 46.4 Å². The van der Waals surface area contributed by atoms with E-state index in [4.69, 9.17) is 12.3 Å². The molecule has 0 amide bonds. The van der Waals surface area contributed by atoms with Gasteiger partial charge in [-0.2, -0.15) is 12.6 Å². The van der Waals surface area contributed by atoms with Crippen LogP contribution in [0.25, 0.3) is 0 Å². The maximum Gasteiger partial charge on any atom is 0.479 e. The van der Waals surface area contributed by atoms with Gasteiger partial charge in [0, 0.05) is 0 Å². The summed E-state index contributed by atoms with van der Waals surface area (Å²) in [5.41, 5.74) is 0. The predicted octanol–water partition coefficient (Wildman–Crippen LogP) is 3.95. The maximum atomic E-state index is 6.35. The van der Waals surface area contributed by atoms with E-state index in [-0.39, 0.29) is 0 Å². The second-order valence-corrected chi connectivity index (χ2v) is 25.2. The standard InChI is InChI=1S/C10H30O3SSi4/c1-15(2,3)11-18(10-14,12-16(4,5)6)13-17(7,8)9/h14H,10H2,1-9H3. The monoisotopic (exact) mass is 342 g/mol. The van der Waals surface area contributed by atoms with Crippen molar-refractivity contribution in [1.29, 1.82) is 0 Å². The van der Waals surface area contributed by atoms with Gasteiger partial charge in [0.25, 0.3) is 0 Å². The second kappa shape index (κ2) is 6.25. The SMILES string of the molecule is C[Si](C)(C)O[Si](CS)(O[Si](C)(C)C)O[Si](C)(C)C. The zero-order chi connectivity index (χ0) is 14.8. The van der Waals surface area contributed by atoms with Gasteiger partial charge < -0.3 is 12.3 Å². The van der Waals surface area contributed by atoms with E-state index in [1.807, 2.05) is 0 Å². The lowest BCUT2D eigenvalue weighted by molar-refractivity contribution is 0.261. The van der Waals surface area contributed by atoms with E-state index in [0.29, 0.717) is 5.38 Å². The molecule has 0 atom stereocenters. The van der Waals surface area contributed by atoms with Crippen molar-refractivity contribution in [3.8, 4) is 0 Å². The largest absolute Gasteiger partial charge is 0.479 e. The normalized spacial score (nSPS) is 15.0. The van der Waals surface area contributed by atoms with Crippen LogP contribution in [0.1, 0.15) is 0 Å². The zero-order valence-electron chi connectivity index (χ0n) is 13.4. The number of rotatable bonds is 7. The molecule has 0 aromatic heterocycles. The van der Waals surface area contributed by atoms with Crippen molar-refractivity contribution in [2.45, 2.75) is 58.9 Å². The molecule has 0 heterocycles. The first kappa shape index (κ1) is 19.1. The molecule has 0 radical (unpaired) electrons. The lowest BCUT2D eigenvalue weighted by Crippen LogP contribution is -2.62. The van der Waals surface area contributed by atoms with Crippen molar-refractivity contribution in [1.82, 2.24) is 0 Å². The Balaban J connectivity index is 5.20. The summed E-state index contributed by atoms with van der Waals surface area (Å²) >= 11 is 4.49. The van der Waals surface area contributed by atoms with Crippen LogP contribution in [0, 0.1) is 0 Å². The highest BCUT2D eigenvalue weighted by Gasteiger charge is 2.49. The predicted molar refractivity (Wildman–Crippen MR) is 92.9 cm³/mol. The van der Waals surface area contributed by atoms with Gasteiger partial charge in [0.05, 0.1) is 5.38 Å². The average molecular weight is 343 g/mol. The Hall–Kier alpha value is 1.10. The van der Waals surface area contributed by atoms with Crippen LogP contribution < -0.4 is 0 Å². The van der Waals surface area contributed by atoms with Crippen LogP contribution in [0.3, 0.4) is 0 Å². The molecule has 0 aliphatic heterocycles. The van der Waals surface area contributed by atoms with E-state index in [2.05, 4.69) is 71.6 Å². The molecule has 110 valence electrons. The minimum absolute atomic E-state index is 0.575. The molecule has 0 aliphatic rings. The Kier molecular flexibility index (Phi) is 6.63. The van der Waals surface area contributed by atoms with E-state index in [1.54, 1.807) is 0 Å². The van der Waals surface area contributed by atoms with E-state index in [0.717, 1.165) is 0 Å². The molecule has 0 rings (SSSR count). The number of thiol groups is 1. The third kappa shape index (κ3) is 9.07. The van der Waals surface area contributed by atoms with Gasteiger partial charge in [-0.15, -0.1) is 0 Å². The van der Waals surface area contributed by atoms with Crippen molar-refractivity contribution < 1.29 is 12.3 Å². The minimum Gasteiger partial charge on any atom is -0.416 e. The molecule has 0 N–H and O–H groups in total. The molecular formula is C10H30O3SSi4. The molecule has 0 saturated carbocycles. The average Bonchev–Trinajstić information content (AvgIpc) is 1.93. The Bertz CT molecular complexity index is 227. The van der Waals surface area contributed by atoms with Crippen molar-refractivity contribution in [3.05, 3.63) is 0 Å². The molecule has 0 aromatic carbocycles. The van der Waals surface area contributed by atoms with Gasteiger partial charge in [-0.25, -0.2) is 0 Å². The lowest BCUT2D eigenvalue weighted by atomic mass is 11.8. The van der Waals surface area contributed by atoms with Gasteiger partial charge in [0.1, 0.15) is 0 Å². The van der Waals surface area contributed by atoms with Gasteiger partial charge >= 0.3 is 8.80 Å². The minimum atomic E-state index is -2.63. The van der Waals surface area contributed by atoms with E-state index >= 15 is 0 Å². The molecule has 0 unspecified atom stereocenters. The third-order valence-corrected chi connectivity index (χ3v) is 14.2.